The summed E-state index contributed by atoms with van der Waals surface area (Å²) < 4.78 is 5.35. The van der Waals surface area contributed by atoms with E-state index in [1.807, 2.05) is 6.07 Å². The maximum Gasteiger partial charge on any atom is 0.120 e. The number of anilines is 1. The van der Waals surface area contributed by atoms with Crippen molar-refractivity contribution in [2.24, 2.45) is 5.73 Å². The van der Waals surface area contributed by atoms with Crippen molar-refractivity contribution in [2.75, 3.05) is 65.4 Å². The minimum absolute atomic E-state index is 0.570. The van der Waals surface area contributed by atoms with Gasteiger partial charge in [0.15, 0.2) is 0 Å². The van der Waals surface area contributed by atoms with Crippen molar-refractivity contribution in [3.05, 3.63) is 23.8 Å². The second-order valence-corrected chi connectivity index (χ2v) is 5.83. The molecule has 0 unspecified atom stereocenters. The SMILES string of the molecule is COc1ccc(CN)c(N2CCN(CCN(C)C)CC2)c1. The minimum Gasteiger partial charge on any atom is -0.497 e. The maximum absolute atomic E-state index is 5.87. The van der Waals surface area contributed by atoms with E-state index in [1.165, 1.54) is 11.3 Å². The number of piperazine rings is 1. The Balaban J connectivity index is 1.98. The first-order chi connectivity index (χ1) is 10.1. The average molecular weight is 292 g/mol. The third-order valence-electron chi connectivity index (χ3n) is 4.09. The van der Waals surface area contributed by atoms with Gasteiger partial charge in [0.1, 0.15) is 5.75 Å². The van der Waals surface area contributed by atoms with E-state index < -0.39 is 0 Å². The maximum atomic E-state index is 5.87. The molecule has 0 aliphatic carbocycles. The van der Waals surface area contributed by atoms with E-state index in [2.05, 4.69) is 40.9 Å². The molecule has 1 aromatic carbocycles. The smallest absolute Gasteiger partial charge is 0.120 e. The summed E-state index contributed by atoms with van der Waals surface area (Å²) in [5.41, 5.74) is 8.29. The van der Waals surface area contributed by atoms with E-state index in [4.69, 9.17) is 10.5 Å². The number of nitrogens with two attached hydrogens (primary N) is 1. The van der Waals surface area contributed by atoms with Gasteiger partial charge in [-0.25, -0.2) is 0 Å². The molecule has 0 bridgehead atoms. The van der Waals surface area contributed by atoms with Gasteiger partial charge in [-0.2, -0.15) is 0 Å². The number of methoxy groups -OCH3 is 1. The van der Waals surface area contributed by atoms with E-state index >= 15 is 0 Å². The van der Waals surface area contributed by atoms with Gasteiger partial charge >= 0.3 is 0 Å². The van der Waals surface area contributed by atoms with E-state index in [9.17, 15) is 0 Å². The van der Waals surface area contributed by atoms with Crippen molar-refractivity contribution in [3.8, 4) is 5.75 Å². The number of ether oxygens (including phenoxy) is 1. The molecule has 1 aromatic rings. The molecule has 0 spiro atoms. The van der Waals surface area contributed by atoms with Crippen LogP contribution in [0.1, 0.15) is 5.56 Å². The van der Waals surface area contributed by atoms with Gasteiger partial charge in [-0.3, -0.25) is 4.90 Å². The van der Waals surface area contributed by atoms with Crippen LogP contribution >= 0.6 is 0 Å². The van der Waals surface area contributed by atoms with Crippen molar-refractivity contribution in [2.45, 2.75) is 6.54 Å². The van der Waals surface area contributed by atoms with E-state index in [0.29, 0.717) is 6.54 Å². The molecule has 118 valence electrons. The molecule has 1 fully saturated rings. The first-order valence-electron chi connectivity index (χ1n) is 7.63. The van der Waals surface area contributed by atoms with Crippen molar-refractivity contribution in [3.63, 3.8) is 0 Å². The Kier molecular flexibility index (Phi) is 5.85. The van der Waals surface area contributed by atoms with Crippen molar-refractivity contribution in [1.82, 2.24) is 9.80 Å². The predicted octanol–water partition coefficient (Wildman–Crippen LogP) is 0.838. The first-order valence-corrected chi connectivity index (χ1v) is 7.63. The normalized spacial score (nSPS) is 16.5. The number of nitrogens with zero attached hydrogens (tertiary/aromatic N) is 3. The molecular weight excluding hydrogens is 264 g/mol. The predicted molar refractivity (Wildman–Crippen MR) is 88.1 cm³/mol. The molecule has 21 heavy (non-hydrogen) atoms. The molecule has 1 heterocycles. The fraction of sp³-hybridized carbons (Fsp3) is 0.625. The van der Waals surface area contributed by atoms with Crippen LogP contribution in [0, 0.1) is 0 Å². The van der Waals surface area contributed by atoms with Crippen LogP contribution in [0.15, 0.2) is 18.2 Å². The Morgan fingerprint density at radius 1 is 1.19 bits per heavy atom. The van der Waals surface area contributed by atoms with E-state index in [1.54, 1.807) is 7.11 Å². The molecule has 2 N–H and O–H groups in total. The Morgan fingerprint density at radius 3 is 2.48 bits per heavy atom. The van der Waals surface area contributed by atoms with Crippen molar-refractivity contribution >= 4 is 5.69 Å². The molecule has 0 aromatic heterocycles. The average Bonchev–Trinajstić information content (AvgIpc) is 2.52. The van der Waals surface area contributed by atoms with Gasteiger partial charge in [0.2, 0.25) is 0 Å². The summed E-state index contributed by atoms with van der Waals surface area (Å²) in [6, 6.07) is 6.17. The summed E-state index contributed by atoms with van der Waals surface area (Å²) >= 11 is 0. The molecule has 0 amide bonds. The molecule has 5 nitrogen and oxygen atoms in total. The summed E-state index contributed by atoms with van der Waals surface area (Å²) in [5.74, 6) is 0.900. The number of hydrogen-bond acceptors (Lipinski definition) is 5. The van der Waals surface area contributed by atoms with Crippen LogP contribution < -0.4 is 15.4 Å². The molecule has 0 saturated carbocycles. The summed E-state index contributed by atoms with van der Waals surface area (Å²) in [4.78, 5) is 7.19. The zero-order valence-corrected chi connectivity index (χ0v) is 13.5. The lowest BCUT2D eigenvalue weighted by Crippen LogP contribution is -2.48. The standard InChI is InChI=1S/C16H28N4O/c1-18(2)6-7-19-8-10-20(11-9-19)16-12-15(21-3)5-4-14(16)13-17/h4-5,12H,6-11,13,17H2,1-3H3. The number of benzene rings is 1. The van der Waals surface area contributed by atoms with Crippen molar-refractivity contribution < 1.29 is 4.74 Å². The summed E-state index contributed by atoms with van der Waals surface area (Å²) in [6.45, 7) is 7.14. The Labute approximate surface area is 128 Å². The second kappa shape index (κ2) is 7.64. The van der Waals surface area contributed by atoms with Gasteiger partial charge in [0.25, 0.3) is 0 Å². The molecule has 1 aliphatic rings. The highest BCUT2D eigenvalue weighted by Crippen LogP contribution is 2.26. The zero-order chi connectivity index (χ0) is 15.2. The van der Waals surface area contributed by atoms with Crippen LogP contribution in [0.4, 0.5) is 5.69 Å². The fourth-order valence-electron chi connectivity index (χ4n) is 2.69. The minimum atomic E-state index is 0.570. The lowest BCUT2D eigenvalue weighted by atomic mass is 10.1. The highest BCUT2D eigenvalue weighted by Gasteiger charge is 2.19. The van der Waals surface area contributed by atoms with E-state index in [-0.39, 0.29) is 0 Å². The highest BCUT2D eigenvalue weighted by atomic mass is 16.5. The summed E-state index contributed by atoms with van der Waals surface area (Å²) in [5, 5.41) is 0. The monoisotopic (exact) mass is 292 g/mol. The third kappa shape index (κ3) is 4.33. The molecule has 0 atom stereocenters. The van der Waals surface area contributed by atoms with E-state index in [0.717, 1.165) is 45.0 Å². The molecule has 1 saturated heterocycles. The molecule has 5 heteroatoms. The fourth-order valence-corrected chi connectivity index (χ4v) is 2.69. The van der Waals surface area contributed by atoms with Crippen LogP contribution in [-0.2, 0) is 6.54 Å². The quantitative estimate of drug-likeness (QED) is 0.842. The number of hydrogen-bond donors (Lipinski definition) is 1. The number of rotatable bonds is 6. The largest absolute Gasteiger partial charge is 0.497 e. The molecular formula is C16H28N4O. The van der Waals surface area contributed by atoms with Crippen LogP contribution in [0.25, 0.3) is 0 Å². The zero-order valence-electron chi connectivity index (χ0n) is 13.5. The lowest BCUT2D eigenvalue weighted by molar-refractivity contribution is 0.229. The Bertz CT molecular complexity index is 442. The first kappa shape index (κ1) is 16.1. The van der Waals surface area contributed by atoms with Gasteiger partial charge in [-0.05, 0) is 25.7 Å². The van der Waals surface area contributed by atoms with Gasteiger partial charge in [0, 0.05) is 57.6 Å². The number of likely N-dealkylation sites (N-methyl/N-ethyl adjacent to an activating group) is 1. The Hall–Kier alpha value is -1.30. The second-order valence-electron chi connectivity index (χ2n) is 5.83. The van der Waals surface area contributed by atoms with Gasteiger partial charge in [-0.1, -0.05) is 6.07 Å². The summed E-state index contributed by atoms with van der Waals surface area (Å²) in [6.07, 6.45) is 0. The molecule has 2 rings (SSSR count). The lowest BCUT2D eigenvalue weighted by Gasteiger charge is -2.37. The van der Waals surface area contributed by atoms with Crippen LogP contribution in [0.5, 0.6) is 5.75 Å². The summed E-state index contributed by atoms with van der Waals surface area (Å²) in [7, 11) is 5.96. The van der Waals surface area contributed by atoms with Crippen LogP contribution in [0.2, 0.25) is 0 Å². The Morgan fingerprint density at radius 2 is 1.90 bits per heavy atom. The third-order valence-corrected chi connectivity index (χ3v) is 4.09. The highest BCUT2D eigenvalue weighted by molar-refractivity contribution is 5.57. The van der Waals surface area contributed by atoms with Gasteiger partial charge in [0.05, 0.1) is 7.11 Å². The molecule has 0 radical (unpaired) electrons. The van der Waals surface area contributed by atoms with Gasteiger partial charge < -0.3 is 20.3 Å². The van der Waals surface area contributed by atoms with Crippen LogP contribution in [0.3, 0.4) is 0 Å². The van der Waals surface area contributed by atoms with Crippen molar-refractivity contribution in [1.29, 1.82) is 0 Å². The van der Waals surface area contributed by atoms with Gasteiger partial charge in [-0.15, -0.1) is 0 Å². The topological polar surface area (TPSA) is 45.0 Å². The van der Waals surface area contributed by atoms with Crippen LogP contribution in [-0.4, -0.2) is 70.3 Å². The molecule has 1 aliphatic heterocycles.